The van der Waals surface area contributed by atoms with Gasteiger partial charge in [0.05, 0.1) is 31.5 Å². The van der Waals surface area contributed by atoms with Crippen LogP contribution in [0.3, 0.4) is 0 Å². The molecule has 1 aromatic heterocycles. The van der Waals surface area contributed by atoms with Gasteiger partial charge in [-0.2, -0.15) is 5.10 Å². The summed E-state index contributed by atoms with van der Waals surface area (Å²) >= 11 is 0. The molecule has 0 unspecified atom stereocenters. The molecule has 0 amide bonds. The highest BCUT2D eigenvalue weighted by atomic mass is 16.5. The molecule has 1 aromatic carbocycles. The number of hydrogen-bond donors (Lipinski definition) is 1. The van der Waals surface area contributed by atoms with Crippen LogP contribution in [0.5, 0.6) is 5.75 Å². The van der Waals surface area contributed by atoms with Gasteiger partial charge >= 0.3 is 0 Å². The third-order valence-corrected chi connectivity index (χ3v) is 2.84. The van der Waals surface area contributed by atoms with Gasteiger partial charge in [-0.3, -0.25) is 4.68 Å². The molecule has 0 atom stereocenters. The van der Waals surface area contributed by atoms with E-state index < -0.39 is 0 Å². The van der Waals surface area contributed by atoms with Gasteiger partial charge in [0, 0.05) is 12.6 Å². The van der Waals surface area contributed by atoms with E-state index >= 15 is 0 Å². The molecule has 0 bridgehead atoms. The van der Waals surface area contributed by atoms with Gasteiger partial charge < -0.3 is 9.84 Å². The number of benzene rings is 1. The summed E-state index contributed by atoms with van der Waals surface area (Å²) < 4.78 is 7.19. The van der Waals surface area contributed by atoms with Crippen LogP contribution in [0, 0.1) is 18.8 Å². The molecule has 2 aromatic rings. The van der Waals surface area contributed by atoms with Crippen molar-refractivity contribution in [1.29, 1.82) is 0 Å². The normalized spacial score (nSPS) is 9.95. The predicted octanol–water partition coefficient (Wildman–Crippen LogP) is 1.98. The molecule has 1 heterocycles. The number of ether oxygens (including phenoxy) is 1. The molecule has 0 spiro atoms. The van der Waals surface area contributed by atoms with Gasteiger partial charge in [-0.05, 0) is 30.7 Å². The zero-order chi connectivity index (χ0) is 14.4. The fourth-order valence-electron chi connectivity index (χ4n) is 1.90. The summed E-state index contributed by atoms with van der Waals surface area (Å²) in [6, 6.07) is 7.90. The number of nitrogens with zero attached hydrogens (tertiary/aromatic N) is 2. The Bertz CT molecular complexity index is 635. The smallest absolute Gasteiger partial charge is 0.134 e. The Morgan fingerprint density at radius 2 is 2.20 bits per heavy atom. The molecule has 1 N–H and O–H groups in total. The Kier molecular flexibility index (Phi) is 4.80. The average Bonchev–Trinajstić information content (AvgIpc) is 2.85. The molecule has 4 heteroatoms. The minimum Gasteiger partial charge on any atom is -0.495 e. The lowest BCUT2D eigenvalue weighted by molar-refractivity contribution is 0.305. The summed E-state index contributed by atoms with van der Waals surface area (Å²) in [4.78, 5) is 0. The second kappa shape index (κ2) is 6.78. The first-order chi connectivity index (χ1) is 9.72. The van der Waals surface area contributed by atoms with Gasteiger partial charge in [0.15, 0.2) is 0 Å². The van der Waals surface area contributed by atoms with E-state index in [2.05, 4.69) is 16.9 Å². The van der Waals surface area contributed by atoms with Crippen LogP contribution in [-0.4, -0.2) is 28.6 Å². The molecule has 0 saturated carbocycles. The van der Waals surface area contributed by atoms with Crippen LogP contribution in [0.15, 0.2) is 30.5 Å². The molecule has 0 fully saturated rings. The summed E-state index contributed by atoms with van der Waals surface area (Å²) in [6.07, 6.45) is 2.42. The standard InChI is InChI=1S/C16H18N2O2/c1-13-8-9-18(17-13)12-14-6-7-16(20-2)15(11-14)5-3-4-10-19/h6-9,11,19H,4,10,12H2,1-2H3. The highest BCUT2D eigenvalue weighted by Gasteiger charge is 2.03. The van der Waals surface area contributed by atoms with Crippen molar-refractivity contribution in [2.24, 2.45) is 0 Å². The molecule has 0 aliphatic rings. The monoisotopic (exact) mass is 270 g/mol. The molecule has 0 aliphatic carbocycles. The Labute approximate surface area is 119 Å². The van der Waals surface area contributed by atoms with Crippen LogP contribution in [0.2, 0.25) is 0 Å². The molecule has 20 heavy (non-hydrogen) atoms. The van der Waals surface area contributed by atoms with Gasteiger partial charge in [0.25, 0.3) is 0 Å². The predicted molar refractivity (Wildman–Crippen MR) is 77.6 cm³/mol. The van der Waals surface area contributed by atoms with E-state index in [-0.39, 0.29) is 6.61 Å². The van der Waals surface area contributed by atoms with E-state index in [1.807, 2.05) is 42.1 Å². The highest BCUT2D eigenvalue weighted by molar-refractivity contribution is 5.48. The van der Waals surface area contributed by atoms with Crippen molar-refractivity contribution in [1.82, 2.24) is 9.78 Å². The Hall–Kier alpha value is -2.25. The first-order valence-electron chi connectivity index (χ1n) is 6.49. The first kappa shape index (κ1) is 14.2. The molecule has 0 radical (unpaired) electrons. The lowest BCUT2D eigenvalue weighted by Crippen LogP contribution is -2.01. The lowest BCUT2D eigenvalue weighted by Gasteiger charge is -2.07. The molecule has 0 saturated heterocycles. The Balaban J connectivity index is 2.23. The van der Waals surface area contributed by atoms with Crippen LogP contribution in [-0.2, 0) is 6.54 Å². The first-order valence-corrected chi connectivity index (χ1v) is 6.49. The van der Waals surface area contributed by atoms with Gasteiger partial charge in [0.1, 0.15) is 5.75 Å². The Morgan fingerprint density at radius 1 is 1.35 bits per heavy atom. The van der Waals surface area contributed by atoms with Crippen LogP contribution in [0.25, 0.3) is 0 Å². The van der Waals surface area contributed by atoms with Gasteiger partial charge in [-0.25, -0.2) is 0 Å². The van der Waals surface area contributed by atoms with Crippen molar-refractivity contribution in [3.05, 3.63) is 47.3 Å². The minimum atomic E-state index is 0.0710. The van der Waals surface area contributed by atoms with Crippen molar-refractivity contribution >= 4 is 0 Å². The van der Waals surface area contributed by atoms with Crippen molar-refractivity contribution in [2.45, 2.75) is 19.9 Å². The second-order valence-electron chi connectivity index (χ2n) is 4.46. The second-order valence-corrected chi connectivity index (χ2v) is 4.46. The summed E-state index contributed by atoms with van der Waals surface area (Å²) in [7, 11) is 1.63. The summed E-state index contributed by atoms with van der Waals surface area (Å²) in [5.41, 5.74) is 2.95. The largest absolute Gasteiger partial charge is 0.495 e. The molecule has 104 valence electrons. The van der Waals surface area contributed by atoms with E-state index in [1.165, 1.54) is 0 Å². The highest BCUT2D eigenvalue weighted by Crippen LogP contribution is 2.19. The SMILES string of the molecule is COc1ccc(Cn2ccc(C)n2)cc1C#CCCO. The fourth-order valence-corrected chi connectivity index (χ4v) is 1.90. The topological polar surface area (TPSA) is 47.3 Å². The number of aliphatic hydroxyl groups excluding tert-OH is 1. The van der Waals surface area contributed by atoms with Crippen molar-refractivity contribution in [2.75, 3.05) is 13.7 Å². The molecule has 4 nitrogen and oxygen atoms in total. The number of aliphatic hydroxyl groups is 1. The molecule has 0 aliphatic heterocycles. The molecular formula is C16H18N2O2. The lowest BCUT2D eigenvalue weighted by atomic mass is 10.1. The maximum atomic E-state index is 8.78. The van der Waals surface area contributed by atoms with E-state index in [9.17, 15) is 0 Å². The third-order valence-electron chi connectivity index (χ3n) is 2.84. The third kappa shape index (κ3) is 3.62. The van der Waals surface area contributed by atoms with E-state index in [4.69, 9.17) is 9.84 Å². The van der Waals surface area contributed by atoms with E-state index in [0.29, 0.717) is 13.0 Å². The van der Waals surface area contributed by atoms with E-state index in [1.54, 1.807) is 7.11 Å². The summed E-state index contributed by atoms with van der Waals surface area (Å²) in [6.45, 7) is 2.74. The Morgan fingerprint density at radius 3 is 2.85 bits per heavy atom. The maximum Gasteiger partial charge on any atom is 0.134 e. The maximum absolute atomic E-state index is 8.78. The number of rotatable bonds is 4. The van der Waals surface area contributed by atoms with Crippen molar-refractivity contribution < 1.29 is 9.84 Å². The molecular weight excluding hydrogens is 252 g/mol. The van der Waals surface area contributed by atoms with E-state index in [0.717, 1.165) is 22.6 Å². The molecule has 2 rings (SSSR count). The quantitative estimate of drug-likeness (QED) is 0.864. The zero-order valence-corrected chi connectivity index (χ0v) is 11.8. The number of hydrogen-bond acceptors (Lipinski definition) is 3. The van der Waals surface area contributed by atoms with Crippen molar-refractivity contribution in [3.8, 4) is 17.6 Å². The van der Waals surface area contributed by atoms with Crippen LogP contribution in [0.1, 0.15) is 23.2 Å². The van der Waals surface area contributed by atoms with Crippen molar-refractivity contribution in [3.63, 3.8) is 0 Å². The fraction of sp³-hybridized carbons (Fsp3) is 0.312. The van der Waals surface area contributed by atoms with Crippen LogP contribution in [0.4, 0.5) is 0 Å². The average molecular weight is 270 g/mol. The van der Waals surface area contributed by atoms with Crippen LogP contribution >= 0.6 is 0 Å². The number of methoxy groups -OCH3 is 1. The summed E-state index contributed by atoms with van der Waals surface area (Å²) in [5.74, 6) is 6.70. The number of aromatic nitrogens is 2. The van der Waals surface area contributed by atoms with Gasteiger partial charge in [-0.15, -0.1) is 0 Å². The van der Waals surface area contributed by atoms with Crippen LogP contribution < -0.4 is 4.74 Å². The minimum absolute atomic E-state index is 0.0710. The van der Waals surface area contributed by atoms with Gasteiger partial charge in [0.2, 0.25) is 0 Å². The number of aryl methyl sites for hydroxylation is 1. The summed E-state index contributed by atoms with van der Waals surface area (Å²) in [5, 5.41) is 13.1. The van der Waals surface area contributed by atoms with Gasteiger partial charge in [-0.1, -0.05) is 17.9 Å². The zero-order valence-electron chi connectivity index (χ0n) is 11.8.